The summed E-state index contributed by atoms with van der Waals surface area (Å²) in [5, 5.41) is 4.43. The van der Waals surface area contributed by atoms with E-state index >= 15 is 0 Å². The zero-order chi connectivity index (χ0) is 10.8. The van der Waals surface area contributed by atoms with Crippen LogP contribution >= 0.6 is 15.9 Å². The van der Waals surface area contributed by atoms with Crippen molar-refractivity contribution in [2.75, 3.05) is 6.54 Å². The molecule has 4 nitrogen and oxygen atoms in total. The molecule has 3 N–H and O–H groups in total. The predicted molar refractivity (Wildman–Crippen MR) is 63.5 cm³/mol. The quantitative estimate of drug-likeness (QED) is 0.890. The number of nitrogens with one attached hydrogen (secondary N) is 1. The van der Waals surface area contributed by atoms with E-state index in [1.54, 1.807) is 0 Å². The maximum atomic E-state index is 5.53. The number of hydrogen-bond donors (Lipinski definition) is 2. The first-order valence-electron chi connectivity index (χ1n) is 4.78. The molecule has 2 heterocycles. The summed E-state index contributed by atoms with van der Waals surface area (Å²) in [5.41, 5.74) is 8.75. The van der Waals surface area contributed by atoms with Gasteiger partial charge < -0.3 is 10.7 Å². The highest BCUT2D eigenvalue weighted by atomic mass is 79.9. The Morgan fingerprint density at radius 3 is 3.00 bits per heavy atom. The van der Waals surface area contributed by atoms with Gasteiger partial charge in [0.1, 0.15) is 0 Å². The molecule has 2 aromatic rings. The molecule has 0 saturated carbocycles. The maximum Gasteiger partial charge on any atom is 0.0839 e. The zero-order valence-corrected chi connectivity index (χ0v) is 10.1. The molecule has 0 radical (unpaired) electrons. The number of aromatic nitrogens is 3. The summed E-state index contributed by atoms with van der Waals surface area (Å²) < 4.78 is 2.91. The molecule has 0 fully saturated rings. The molecule has 0 atom stereocenters. The number of nitrogens with zero attached hydrogens (tertiary/aromatic N) is 2. The Bertz CT molecular complexity index is 444. The Labute approximate surface area is 96.6 Å². The molecule has 15 heavy (non-hydrogen) atoms. The molecule has 0 unspecified atom stereocenters. The molecule has 5 heteroatoms. The van der Waals surface area contributed by atoms with Crippen molar-refractivity contribution >= 4 is 15.9 Å². The smallest absolute Gasteiger partial charge is 0.0839 e. The van der Waals surface area contributed by atoms with Crippen LogP contribution in [0.5, 0.6) is 0 Å². The minimum absolute atomic E-state index is 0.613. The van der Waals surface area contributed by atoms with Crippen molar-refractivity contribution in [3.05, 3.63) is 28.6 Å². The lowest BCUT2D eigenvalue weighted by atomic mass is 10.2. The second kappa shape index (κ2) is 4.20. The summed E-state index contributed by atoms with van der Waals surface area (Å²) in [6, 6.07) is 2.02. The van der Waals surface area contributed by atoms with Gasteiger partial charge in [0, 0.05) is 31.4 Å². The van der Waals surface area contributed by atoms with E-state index in [1.807, 2.05) is 30.2 Å². The molecule has 0 aliphatic rings. The van der Waals surface area contributed by atoms with E-state index in [-0.39, 0.29) is 0 Å². The van der Waals surface area contributed by atoms with E-state index in [2.05, 4.69) is 26.0 Å². The standard InChI is InChI=1S/C10H13BrN4/c1-15-10(7-3-5-13-6-7)9(11)8(14-15)2-4-12/h3,5-6,13H,2,4,12H2,1H3. The number of hydrogen-bond acceptors (Lipinski definition) is 2. The first kappa shape index (κ1) is 10.4. The third kappa shape index (κ3) is 1.85. The number of nitrogens with two attached hydrogens (primary N) is 1. The van der Waals surface area contributed by atoms with E-state index in [0.29, 0.717) is 6.54 Å². The summed E-state index contributed by atoms with van der Waals surface area (Å²) in [7, 11) is 1.94. The maximum absolute atomic E-state index is 5.53. The van der Waals surface area contributed by atoms with Crippen LogP contribution in [-0.2, 0) is 13.5 Å². The summed E-state index contributed by atoms with van der Waals surface area (Å²) in [6.07, 6.45) is 4.64. The van der Waals surface area contributed by atoms with Crippen LogP contribution in [0.4, 0.5) is 0 Å². The molecule has 0 bridgehead atoms. The molecule has 0 aliphatic heterocycles. The topological polar surface area (TPSA) is 59.6 Å². The highest BCUT2D eigenvalue weighted by Crippen LogP contribution is 2.30. The highest BCUT2D eigenvalue weighted by Gasteiger charge is 2.14. The number of aryl methyl sites for hydroxylation is 1. The average Bonchev–Trinajstić information content (AvgIpc) is 2.77. The second-order valence-corrected chi connectivity index (χ2v) is 4.16. The molecular weight excluding hydrogens is 256 g/mol. The van der Waals surface area contributed by atoms with Crippen molar-refractivity contribution in [3.8, 4) is 11.3 Å². The first-order valence-corrected chi connectivity index (χ1v) is 5.58. The van der Waals surface area contributed by atoms with Gasteiger partial charge in [-0.15, -0.1) is 0 Å². The summed E-state index contributed by atoms with van der Waals surface area (Å²) in [4.78, 5) is 3.04. The van der Waals surface area contributed by atoms with Gasteiger partial charge in [-0.3, -0.25) is 4.68 Å². The lowest BCUT2D eigenvalue weighted by Crippen LogP contribution is -2.04. The van der Waals surface area contributed by atoms with Gasteiger partial charge >= 0.3 is 0 Å². The van der Waals surface area contributed by atoms with Crippen molar-refractivity contribution in [1.29, 1.82) is 0 Å². The lowest BCUT2D eigenvalue weighted by Gasteiger charge is -1.98. The molecule has 0 spiro atoms. The third-order valence-electron chi connectivity index (χ3n) is 2.31. The largest absolute Gasteiger partial charge is 0.367 e. The Hall–Kier alpha value is -1.07. The third-order valence-corrected chi connectivity index (χ3v) is 3.14. The van der Waals surface area contributed by atoms with Gasteiger partial charge in [-0.2, -0.15) is 5.10 Å². The number of rotatable bonds is 3. The van der Waals surface area contributed by atoms with Crippen LogP contribution < -0.4 is 5.73 Å². The number of H-pyrrole nitrogens is 1. The molecule has 0 aliphatic carbocycles. The van der Waals surface area contributed by atoms with Gasteiger partial charge in [0.2, 0.25) is 0 Å². The zero-order valence-electron chi connectivity index (χ0n) is 8.50. The Kier molecular flexibility index (Phi) is 2.93. The molecule has 0 saturated heterocycles. The molecule has 0 amide bonds. The SMILES string of the molecule is Cn1nc(CCN)c(Br)c1-c1cc[nH]c1. The van der Waals surface area contributed by atoms with Crippen LogP contribution in [0, 0.1) is 0 Å². The van der Waals surface area contributed by atoms with Crippen LogP contribution in [0.1, 0.15) is 5.69 Å². The minimum Gasteiger partial charge on any atom is -0.367 e. The van der Waals surface area contributed by atoms with Gasteiger partial charge in [0.05, 0.1) is 15.9 Å². The predicted octanol–water partition coefficient (Wildman–Crippen LogP) is 1.68. The summed E-state index contributed by atoms with van der Waals surface area (Å²) in [6.45, 7) is 0.613. The van der Waals surface area contributed by atoms with E-state index in [9.17, 15) is 0 Å². The molecule has 2 aromatic heterocycles. The van der Waals surface area contributed by atoms with Crippen LogP contribution in [0.2, 0.25) is 0 Å². The lowest BCUT2D eigenvalue weighted by molar-refractivity contribution is 0.745. The number of aromatic amines is 1. The van der Waals surface area contributed by atoms with Crippen LogP contribution in [0.25, 0.3) is 11.3 Å². The van der Waals surface area contributed by atoms with Gasteiger partial charge in [-0.1, -0.05) is 0 Å². The van der Waals surface area contributed by atoms with E-state index in [1.165, 1.54) is 0 Å². The van der Waals surface area contributed by atoms with Crippen molar-refractivity contribution in [2.45, 2.75) is 6.42 Å². The minimum atomic E-state index is 0.613. The van der Waals surface area contributed by atoms with Crippen molar-refractivity contribution in [2.24, 2.45) is 12.8 Å². The molecule has 0 aromatic carbocycles. The molecular formula is C10H13BrN4. The monoisotopic (exact) mass is 268 g/mol. The van der Waals surface area contributed by atoms with Crippen molar-refractivity contribution in [3.63, 3.8) is 0 Å². The van der Waals surface area contributed by atoms with Gasteiger partial charge in [-0.25, -0.2) is 0 Å². The summed E-state index contributed by atoms with van der Waals surface area (Å²) >= 11 is 3.57. The Morgan fingerprint density at radius 1 is 1.60 bits per heavy atom. The van der Waals surface area contributed by atoms with Crippen LogP contribution in [0.3, 0.4) is 0 Å². The summed E-state index contributed by atoms with van der Waals surface area (Å²) in [5.74, 6) is 0. The Balaban J connectivity index is 2.48. The molecule has 80 valence electrons. The first-order chi connectivity index (χ1) is 7.24. The van der Waals surface area contributed by atoms with Crippen molar-refractivity contribution in [1.82, 2.24) is 14.8 Å². The normalized spacial score (nSPS) is 10.9. The highest BCUT2D eigenvalue weighted by molar-refractivity contribution is 9.10. The fraction of sp³-hybridized carbons (Fsp3) is 0.300. The van der Waals surface area contributed by atoms with Gasteiger partial charge in [0.25, 0.3) is 0 Å². The molecule has 2 rings (SSSR count). The van der Waals surface area contributed by atoms with Gasteiger partial charge in [0.15, 0.2) is 0 Å². The Morgan fingerprint density at radius 2 is 2.40 bits per heavy atom. The van der Waals surface area contributed by atoms with Crippen molar-refractivity contribution < 1.29 is 0 Å². The fourth-order valence-corrected chi connectivity index (χ4v) is 2.40. The van der Waals surface area contributed by atoms with Gasteiger partial charge in [-0.05, 0) is 28.5 Å². The van der Waals surface area contributed by atoms with E-state index in [0.717, 1.165) is 27.8 Å². The van der Waals surface area contributed by atoms with E-state index in [4.69, 9.17) is 5.73 Å². The second-order valence-electron chi connectivity index (χ2n) is 3.37. The van der Waals surface area contributed by atoms with E-state index < -0.39 is 0 Å². The van der Waals surface area contributed by atoms with Crippen LogP contribution in [-0.4, -0.2) is 21.3 Å². The number of halogens is 1. The fourth-order valence-electron chi connectivity index (χ4n) is 1.63. The average molecular weight is 269 g/mol. The van der Waals surface area contributed by atoms with Crippen LogP contribution in [0.15, 0.2) is 22.9 Å².